The average molecular weight is 306 g/mol. The zero-order chi connectivity index (χ0) is 14.7. The molecule has 2 unspecified atom stereocenters. The third kappa shape index (κ3) is 3.26. The van der Waals surface area contributed by atoms with Gasteiger partial charge in [-0.3, -0.25) is 4.79 Å². The molecule has 0 aliphatic heterocycles. The van der Waals surface area contributed by atoms with E-state index >= 15 is 0 Å². The van der Waals surface area contributed by atoms with Crippen LogP contribution in [-0.2, 0) is 0 Å². The van der Waals surface area contributed by atoms with Gasteiger partial charge in [-0.25, -0.2) is 13.2 Å². The molecule has 1 aromatic carbocycles. The third-order valence-electron chi connectivity index (χ3n) is 3.66. The normalized spacial score (nSPS) is 22.6. The Morgan fingerprint density at radius 1 is 1.20 bits per heavy atom. The van der Waals surface area contributed by atoms with Crippen molar-refractivity contribution < 1.29 is 18.0 Å². The summed E-state index contributed by atoms with van der Waals surface area (Å²) < 4.78 is 39.9. The highest BCUT2D eigenvalue weighted by molar-refractivity contribution is 6.18. The Morgan fingerprint density at radius 2 is 1.80 bits per heavy atom. The van der Waals surface area contributed by atoms with Crippen molar-refractivity contribution in [3.8, 4) is 0 Å². The fourth-order valence-electron chi connectivity index (χ4n) is 2.58. The van der Waals surface area contributed by atoms with E-state index in [1.807, 2.05) is 0 Å². The second-order valence-corrected chi connectivity index (χ2v) is 5.33. The number of halogens is 4. The van der Waals surface area contributed by atoms with Crippen LogP contribution in [0.5, 0.6) is 0 Å². The van der Waals surface area contributed by atoms with Crippen molar-refractivity contribution in [3.05, 3.63) is 35.1 Å². The summed E-state index contributed by atoms with van der Waals surface area (Å²) in [5, 5.41) is 2.61. The summed E-state index contributed by atoms with van der Waals surface area (Å²) in [7, 11) is 0. The Kier molecular flexibility index (Phi) is 4.91. The molecule has 2 atom stereocenters. The van der Waals surface area contributed by atoms with Crippen LogP contribution in [-0.4, -0.2) is 17.8 Å². The maximum atomic E-state index is 13.5. The van der Waals surface area contributed by atoms with Crippen LogP contribution in [0.4, 0.5) is 13.2 Å². The summed E-state index contributed by atoms with van der Waals surface area (Å²) in [5.74, 6) is -3.81. The van der Waals surface area contributed by atoms with Crippen molar-refractivity contribution in [2.24, 2.45) is 5.92 Å². The van der Waals surface area contributed by atoms with Gasteiger partial charge in [0.25, 0.3) is 5.91 Å². The van der Waals surface area contributed by atoms with E-state index in [1.54, 1.807) is 0 Å². The largest absolute Gasteiger partial charge is 0.349 e. The predicted molar refractivity (Wildman–Crippen MR) is 70.2 cm³/mol. The van der Waals surface area contributed by atoms with E-state index < -0.39 is 28.9 Å². The highest BCUT2D eigenvalue weighted by Gasteiger charge is 2.28. The van der Waals surface area contributed by atoms with Gasteiger partial charge >= 0.3 is 0 Å². The maximum Gasteiger partial charge on any atom is 0.257 e. The van der Waals surface area contributed by atoms with Crippen molar-refractivity contribution in [2.45, 2.75) is 31.7 Å². The Hall–Kier alpha value is -1.23. The highest BCUT2D eigenvalue weighted by Crippen LogP contribution is 2.26. The number of hydrogen-bond acceptors (Lipinski definition) is 1. The SMILES string of the molecule is O=C(NC1CCCCC1CCl)c1c(F)cc(F)cc1F. The number of benzene rings is 1. The van der Waals surface area contributed by atoms with Gasteiger partial charge in [-0.05, 0) is 18.8 Å². The van der Waals surface area contributed by atoms with Crippen LogP contribution in [0.2, 0.25) is 0 Å². The van der Waals surface area contributed by atoms with Gasteiger partial charge in [0.15, 0.2) is 0 Å². The second kappa shape index (κ2) is 6.48. The van der Waals surface area contributed by atoms with Crippen LogP contribution in [0, 0.1) is 23.4 Å². The molecule has 2 nitrogen and oxygen atoms in total. The van der Waals surface area contributed by atoms with Gasteiger partial charge in [0.2, 0.25) is 0 Å². The molecule has 0 radical (unpaired) electrons. The van der Waals surface area contributed by atoms with E-state index in [2.05, 4.69) is 5.32 Å². The lowest BCUT2D eigenvalue weighted by atomic mass is 9.85. The molecule has 1 aliphatic carbocycles. The van der Waals surface area contributed by atoms with E-state index in [0.717, 1.165) is 25.7 Å². The molecule has 1 aliphatic rings. The second-order valence-electron chi connectivity index (χ2n) is 5.02. The van der Waals surface area contributed by atoms with Crippen LogP contribution in [0.3, 0.4) is 0 Å². The van der Waals surface area contributed by atoms with E-state index in [0.29, 0.717) is 18.0 Å². The van der Waals surface area contributed by atoms with Crippen molar-refractivity contribution >= 4 is 17.5 Å². The highest BCUT2D eigenvalue weighted by atomic mass is 35.5. The first kappa shape index (κ1) is 15.2. The monoisotopic (exact) mass is 305 g/mol. The van der Waals surface area contributed by atoms with Crippen molar-refractivity contribution in [1.29, 1.82) is 0 Å². The lowest BCUT2D eigenvalue weighted by molar-refractivity contribution is 0.0902. The number of carbonyl (C=O) groups excluding carboxylic acids is 1. The van der Waals surface area contributed by atoms with E-state index in [9.17, 15) is 18.0 Å². The number of amides is 1. The topological polar surface area (TPSA) is 29.1 Å². The molecule has 0 saturated heterocycles. The fourth-order valence-corrected chi connectivity index (χ4v) is 2.95. The number of alkyl halides is 1. The van der Waals surface area contributed by atoms with Crippen molar-refractivity contribution in [1.82, 2.24) is 5.32 Å². The van der Waals surface area contributed by atoms with E-state index in [-0.39, 0.29) is 12.0 Å². The summed E-state index contributed by atoms with van der Waals surface area (Å²) in [6.45, 7) is 0. The summed E-state index contributed by atoms with van der Waals surface area (Å²) in [5.41, 5.74) is -0.745. The van der Waals surface area contributed by atoms with Gasteiger partial charge in [0.1, 0.15) is 23.0 Å². The zero-order valence-corrected chi connectivity index (χ0v) is 11.5. The van der Waals surface area contributed by atoms with Crippen LogP contribution in [0.1, 0.15) is 36.0 Å². The molecule has 20 heavy (non-hydrogen) atoms. The fraction of sp³-hybridized carbons (Fsp3) is 0.500. The molecule has 1 saturated carbocycles. The van der Waals surface area contributed by atoms with Gasteiger partial charge in [-0.2, -0.15) is 0 Å². The average Bonchev–Trinajstić information content (AvgIpc) is 2.38. The Morgan fingerprint density at radius 3 is 2.40 bits per heavy atom. The molecular weight excluding hydrogens is 291 g/mol. The Balaban J connectivity index is 2.16. The van der Waals surface area contributed by atoms with Gasteiger partial charge in [0.05, 0.1) is 0 Å². The van der Waals surface area contributed by atoms with Crippen molar-refractivity contribution in [2.75, 3.05) is 5.88 Å². The summed E-state index contributed by atoms with van der Waals surface area (Å²) in [4.78, 5) is 12.0. The van der Waals surface area contributed by atoms with E-state index in [1.165, 1.54) is 0 Å². The van der Waals surface area contributed by atoms with Crippen LogP contribution >= 0.6 is 11.6 Å². The lowest BCUT2D eigenvalue weighted by Crippen LogP contribution is -2.43. The molecule has 1 N–H and O–H groups in total. The molecule has 2 rings (SSSR count). The van der Waals surface area contributed by atoms with Gasteiger partial charge in [-0.15, -0.1) is 11.6 Å². The van der Waals surface area contributed by atoms with Gasteiger partial charge < -0.3 is 5.32 Å². The number of hydrogen-bond donors (Lipinski definition) is 1. The van der Waals surface area contributed by atoms with Crippen molar-refractivity contribution in [3.63, 3.8) is 0 Å². The minimum absolute atomic E-state index is 0.0981. The number of rotatable bonds is 3. The Bertz CT molecular complexity index is 486. The molecule has 0 bridgehead atoms. The van der Waals surface area contributed by atoms with Crippen LogP contribution < -0.4 is 5.32 Å². The smallest absolute Gasteiger partial charge is 0.257 e. The molecule has 6 heteroatoms. The standard InChI is InChI=1S/C14H15ClF3NO/c15-7-8-3-1-2-4-12(8)19-14(20)13-10(17)5-9(16)6-11(13)18/h5-6,8,12H,1-4,7H2,(H,19,20). The van der Waals surface area contributed by atoms with Gasteiger partial charge in [0, 0.05) is 24.1 Å². The summed E-state index contributed by atoms with van der Waals surface area (Å²) in [6.07, 6.45) is 3.58. The first-order valence-corrected chi connectivity index (χ1v) is 7.07. The predicted octanol–water partition coefficient (Wildman–Crippen LogP) is 3.63. The summed E-state index contributed by atoms with van der Waals surface area (Å²) in [6, 6.07) is 0.799. The molecule has 1 fully saturated rings. The molecule has 1 aromatic rings. The molecule has 0 aromatic heterocycles. The first-order valence-electron chi connectivity index (χ1n) is 6.54. The summed E-state index contributed by atoms with van der Waals surface area (Å²) >= 11 is 5.84. The van der Waals surface area contributed by atoms with E-state index in [4.69, 9.17) is 11.6 Å². The first-order chi connectivity index (χ1) is 9.52. The molecule has 0 heterocycles. The molecule has 0 spiro atoms. The molecule has 110 valence electrons. The Labute approximate surface area is 120 Å². The lowest BCUT2D eigenvalue weighted by Gasteiger charge is -2.30. The van der Waals surface area contributed by atoms with Gasteiger partial charge in [-0.1, -0.05) is 12.8 Å². The molecular formula is C14H15ClF3NO. The van der Waals surface area contributed by atoms with Crippen LogP contribution in [0.25, 0.3) is 0 Å². The number of nitrogens with one attached hydrogen (secondary N) is 1. The molecule has 1 amide bonds. The minimum atomic E-state index is -1.20. The number of carbonyl (C=O) groups is 1. The minimum Gasteiger partial charge on any atom is -0.349 e. The maximum absolute atomic E-state index is 13.5. The quantitative estimate of drug-likeness (QED) is 0.849. The zero-order valence-electron chi connectivity index (χ0n) is 10.8. The third-order valence-corrected chi connectivity index (χ3v) is 4.05. The van der Waals surface area contributed by atoms with Crippen LogP contribution in [0.15, 0.2) is 12.1 Å².